The number of rotatable bonds is 5. The van der Waals surface area contributed by atoms with E-state index in [0.717, 1.165) is 18.4 Å². The topological polar surface area (TPSA) is 106 Å². The number of hydrogen-bond donors (Lipinski definition) is 0. The van der Waals surface area contributed by atoms with Crippen molar-refractivity contribution in [2.75, 3.05) is 13.7 Å². The molecule has 3 heterocycles. The number of carbonyl (C=O) groups is 1. The highest BCUT2D eigenvalue weighted by Crippen LogP contribution is 2.30. The van der Waals surface area contributed by atoms with Gasteiger partial charge in [0.05, 0.1) is 26.0 Å². The third-order valence-electron chi connectivity index (χ3n) is 5.69. The van der Waals surface area contributed by atoms with Crippen LogP contribution in [0.5, 0.6) is 11.6 Å². The zero-order valence-electron chi connectivity index (χ0n) is 18.2. The lowest BCUT2D eigenvalue weighted by molar-refractivity contribution is 0.0369. The van der Waals surface area contributed by atoms with Gasteiger partial charge in [0.1, 0.15) is 34.7 Å². The molecule has 0 saturated carbocycles. The zero-order valence-corrected chi connectivity index (χ0v) is 18.2. The van der Waals surface area contributed by atoms with Gasteiger partial charge in [0.2, 0.25) is 5.88 Å². The Labute approximate surface area is 186 Å². The Hall–Kier alpha value is -3.93. The van der Waals surface area contributed by atoms with E-state index in [-0.39, 0.29) is 18.1 Å². The molecule has 32 heavy (non-hydrogen) atoms. The first-order valence-electron chi connectivity index (χ1n) is 10.4. The number of nitrogens with zero attached hydrogens (tertiary/aromatic N) is 6. The number of carbonyl (C=O) groups excluding carboxylic acids is 1. The van der Waals surface area contributed by atoms with Gasteiger partial charge in [-0.15, -0.1) is 0 Å². The Morgan fingerprint density at radius 3 is 2.69 bits per heavy atom. The highest BCUT2D eigenvalue weighted by atomic mass is 16.5. The van der Waals surface area contributed by atoms with E-state index >= 15 is 0 Å². The summed E-state index contributed by atoms with van der Waals surface area (Å²) in [6.45, 7) is 4.23. The fraction of sp³-hybridized carbons (Fsp3) is 0.348. The number of pyridine rings is 1. The molecule has 1 aliphatic heterocycles. The van der Waals surface area contributed by atoms with E-state index in [9.17, 15) is 10.1 Å². The molecule has 1 fully saturated rings. The lowest BCUT2D eigenvalue weighted by atomic mass is 9.99. The smallest absolute Gasteiger partial charge is 0.260 e. The number of likely N-dealkylation sites (tertiary alicyclic amines) is 1. The number of hydrogen-bond acceptors (Lipinski definition) is 7. The summed E-state index contributed by atoms with van der Waals surface area (Å²) in [5, 5.41) is 17.8. The SMILES string of the molecule is COc1cccc(-n2nccn2)c1C(=O)N1C[C@H](Oc2nccc(C)c2C#N)CC[C@H]1C. The summed E-state index contributed by atoms with van der Waals surface area (Å²) in [5.41, 5.74) is 2.16. The van der Waals surface area contributed by atoms with Gasteiger partial charge in [0, 0.05) is 12.2 Å². The zero-order chi connectivity index (χ0) is 22.7. The second kappa shape index (κ2) is 9.06. The summed E-state index contributed by atoms with van der Waals surface area (Å²) >= 11 is 0. The molecule has 9 nitrogen and oxygen atoms in total. The highest BCUT2D eigenvalue weighted by Gasteiger charge is 2.34. The molecule has 1 saturated heterocycles. The van der Waals surface area contributed by atoms with Crippen molar-refractivity contribution in [1.29, 1.82) is 5.26 Å². The van der Waals surface area contributed by atoms with Crippen LogP contribution in [0.3, 0.4) is 0 Å². The van der Waals surface area contributed by atoms with Crippen molar-refractivity contribution in [2.45, 2.75) is 38.8 Å². The van der Waals surface area contributed by atoms with Crippen molar-refractivity contribution in [3.63, 3.8) is 0 Å². The number of aryl methyl sites for hydroxylation is 1. The van der Waals surface area contributed by atoms with E-state index in [1.54, 1.807) is 47.8 Å². The average Bonchev–Trinajstić information content (AvgIpc) is 3.34. The molecule has 3 aromatic rings. The van der Waals surface area contributed by atoms with Crippen LogP contribution in [0.4, 0.5) is 0 Å². The average molecular weight is 432 g/mol. The number of aromatic nitrogens is 4. The van der Waals surface area contributed by atoms with Crippen LogP contribution in [0, 0.1) is 18.3 Å². The van der Waals surface area contributed by atoms with E-state index in [1.807, 2.05) is 13.8 Å². The summed E-state index contributed by atoms with van der Waals surface area (Å²) in [6.07, 6.45) is 5.97. The minimum absolute atomic E-state index is 0.00611. The van der Waals surface area contributed by atoms with Gasteiger partial charge in [-0.2, -0.15) is 20.3 Å². The van der Waals surface area contributed by atoms with Crippen molar-refractivity contribution in [1.82, 2.24) is 24.9 Å². The Kier molecular flexibility index (Phi) is 6.03. The predicted octanol–water partition coefficient (Wildman–Crippen LogP) is 2.92. The van der Waals surface area contributed by atoms with Crippen molar-refractivity contribution in [3.8, 4) is 23.4 Å². The monoisotopic (exact) mass is 432 g/mol. The summed E-state index contributed by atoms with van der Waals surface area (Å²) < 4.78 is 11.6. The Morgan fingerprint density at radius 1 is 1.19 bits per heavy atom. The molecule has 0 radical (unpaired) electrons. The van der Waals surface area contributed by atoms with Crippen LogP contribution in [0.1, 0.15) is 41.3 Å². The van der Waals surface area contributed by atoms with Gasteiger partial charge in [-0.05, 0) is 50.5 Å². The minimum Gasteiger partial charge on any atom is -0.496 e. The van der Waals surface area contributed by atoms with Crippen molar-refractivity contribution in [2.24, 2.45) is 0 Å². The standard InChI is InChI=1S/C23H24N6O3/c1-15-9-10-25-22(18(15)13-24)32-17-8-7-16(2)28(14-17)23(30)21-19(29-26-11-12-27-29)5-4-6-20(21)31-3/h4-6,9-12,16-17H,7-8,14H2,1-3H3/t16-,17-/m1/s1. The molecule has 0 spiro atoms. The lowest BCUT2D eigenvalue weighted by Crippen LogP contribution is -2.49. The van der Waals surface area contributed by atoms with Crippen LogP contribution in [-0.4, -0.2) is 56.6 Å². The van der Waals surface area contributed by atoms with E-state index in [1.165, 1.54) is 11.9 Å². The van der Waals surface area contributed by atoms with E-state index in [4.69, 9.17) is 9.47 Å². The maximum atomic E-state index is 13.7. The molecule has 2 aromatic heterocycles. The maximum Gasteiger partial charge on any atom is 0.260 e. The first-order chi connectivity index (χ1) is 15.5. The fourth-order valence-corrected chi connectivity index (χ4v) is 3.92. The summed E-state index contributed by atoms with van der Waals surface area (Å²) in [5.74, 6) is 0.568. The van der Waals surface area contributed by atoms with Crippen LogP contribution < -0.4 is 9.47 Å². The van der Waals surface area contributed by atoms with Crippen LogP contribution in [0.25, 0.3) is 5.69 Å². The van der Waals surface area contributed by atoms with Crippen LogP contribution >= 0.6 is 0 Å². The number of amides is 1. The molecule has 1 aliphatic rings. The van der Waals surface area contributed by atoms with E-state index in [0.29, 0.717) is 35.0 Å². The summed E-state index contributed by atoms with van der Waals surface area (Å²) in [6, 6.07) is 9.27. The van der Waals surface area contributed by atoms with Crippen LogP contribution in [0.2, 0.25) is 0 Å². The third kappa shape index (κ3) is 3.99. The quantitative estimate of drug-likeness (QED) is 0.610. The van der Waals surface area contributed by atoms with Gasteiger partial charge in [-0.1, -0.05) is 6.07 Å². The molecule has 0 unspecified atom stereocenters. The molecule has 2 atom stereocenters. The molecular formula is C23H24N6O3. The van der Waals surface area contributed by atoms with Gasteiger partial charge in [0.25, 0.3) is 5.91 Å². The molecule has 0 bridgehead atoms. The Bertz CT molecular complexity index is 1160. The van der Waals surface area contributed by atoms with Gasteiger partial charge in [-0.3, -0.25) is 4.79 Å². The number of benzene rings is 1. The van der Waals surface area contributed by atoms with Crippen molar-refractivity contribution < 1.29 is 14.3 Å². The molecule has 164 valence electrons. The number of piperidine rings is 1. The largest absolute Gasteiger partial charge is 0.496 e. The van der Waals surface area contributed by atoms with Crippen molar-refractivity contribution >= 4 is 5.91 Å². The maximum absolute atomic E-state index is 13.7. The van der Waals surface area contributed by atoms with Crippen LogP contribution in [-0.2, 0) is 0 Å². The van der Waals surface area contributed by atoms with Gasteiger partial charge in [0.15, 0.2) is 0 Å². The van der Waals surface area contributed by atoms with E-state index in [2.05, 4.69) is 21.3 Å². The van der Waals surface area contributed by atoms with Crippen molar-refractivity contribution in [3.05, 3.63) is 59.5 Å². The fourth-order valence-electron chi connectivity index (χ4n) is 3.92. The number of nitriles is 1. The first-order valence-corrected chi connectivity index (χ1v) is 10.4. The second-order valence-corrected chi connectivity index (χ2v) is 7.72. The van der Waals surface area contributed by atoms with E-state index < -0.39 is 0 Å². The van der Waals surface area contributed by atoms with Gasteiger partial charge in [-0.25, -0.2) is 4.98 Å². The summed E-state index contributed by atoms with van der Waals surface area (Å²) in [4.78, 5) is 21.2. The van der Waals surface area contributed by atoms with Gasteiger partial charge < -0.3 is 14.4 Å². The molecule has 0 N–H and O–H groups in total. The molecule has 9 heteroatoms. The Balaban J connectivity index is 1.64. The molecule has 1 aromatic carbocycles. The number of ether oxygens (including phenoxy) is 2. The number of methoxy groups -OCH3 is 1. The predicted molar refractivity (Wildman–Crippen MR) is 116 cm³/mol. The first kappa shape index (κ1) is 21.3. The molecule has 4 rings (SSSR count). The highest BCUT2D eigenvalue weighted by molar-refractivity contribution is 6.00. The molecule has 1 amide bonds. The third-order valence-corrected chi connectivity index (χ3v) is 5.69. The normalized spacial score (nSPS) is 18.1. The molecular weight excluding hydrogens is 408 g/mol. The lowest BCUT2D eigenvalue weighted by Gasteiger charge is -2.38. The molecule has 0 aliphatic carbocycles. The van der Waals surface area contributed by atoms with Gasteiger partial charge >= 0.3 is 0 Å². The second-order valence-electron chi connectivity index (χ2n) is 7.72. The Morgan fingerprint density at radius 2 is 1.97 bits per heavy atom. The summed E-state index contributed by atoms with van der Waals surface area (Å²) in [7, 11) is 1.53. The minimum atomic E-state index is -0.280. The van der Waals surface area contributed by atoms with Crippen LogP contribution in [0.15, 0.2) is 42.9 Å².